The number of carboxylic acids is 2. The Morgan fingerprint density at radius 2 is 1.53 bits per heavy atom. The van der Waals surface area contributed by atoms with Crippen molar-refractivity contribution in [3.05, 3.63) is 0 Å². The molecule has 0 aromatic carbocycles. The monoisotopic (exact) mass is 486 g/mol. The standard InChI is InChI=1S/C21H38N6O7/c22-9-3-1-6-13(24)20(32)27-11-5-8-16(27)19(31)26-15(12-17(28)29)18(30)25-14(21(33)34)7-2-4-10-23/h13-16H,1-12,22-24H2,(H,25,30)(H,26,31)(H,28,29)(H,33,34)/t13-,14-,15-,16-/m0/s1. The van der Waals surface area contributed by atoms with Gasteiger partial charge >= 0.3 is 11.9 Å². The van der Waals surface area contributed by atoms with Gasteiger partial charge < -0.3 is 42.9 Å². The fourth-order valence-electron chi connectivity index (χ4n) is 3.82. The molecule has 34 heavy (non-hydrogen) atoms. The van der Waals surface area contributed by atoms with Crippen molar-refractivity contribution in [2.24, 2.45) is 17.2 Å². The first-order valence-electron chi connectivity index (χ1n) is 11.6. The largest absolute Gasteiger partial charge is 0.481 e. The fourth-order valence-corrected chi connectivity index (χ4v) is 3.82. The summed E-state index contributed by atoms with van der Waals surface area (Å²) in [5, 5.41) is 23.2. The van der Waals surface area contributed by atoms with Gasteiger partial charge in [-0.15, -0.1) is 0 Å². The molecule has 0 aromatic heterocycles. The zero-order valence-electron chi connectivity index (χ0n) is 19.4. The van der Waals surface area contributed by atoms with Crippen LogP contribution in [0.25, 0.3) is 0 Å². The number of hydrogen-bond donors (Lipinski definition) is 7. The number of unbranched alkanes of at least 4 members (excludes halogenated alkanes) is 2. The van der Waals surface area contributed by atoms with Gasteiger partial charge in [0.1, 0.15) is 18.1 Å². The van der Waals surface area contributed by atoms with E-state index in [0.717, 1.165) is 6.42 Å². The quantitative estimate of drug-likeness (QED) is 0.120. The molecule has 1 aliphatic rings. The first-order valence-corrected chi connectivity index (χ1v) is 11.6. The van der Waals surface area contributed by atoms with E-state index < -0.39 is 54.3 Å². The lowest BCUT2D eigenvalue weighted by atomic mass is 10.1. The predicted octanol–water partition coefficient (Wildman–Crippen LogP) is -1.91. The van der Waals surface area contributed by atoms with E-state index in [0.29, 0.717) is 58.2 Å². The van der Waals surface area contributed by atoms with Crippen LogP contribution >= 0.6 is 0 Å². The smallest absolute Gasteiger partial charge is 0.326 e. The zero-order chi connectivity index (χ0) is 25.7. The van der Waals surface area contributed by atoms with Crippen molar-refractivity contribution >= 4 is 29.7 Å². The Kier molecular flexibility index (Phi) is 13.1. The molecule has 4 atom stereocenters. The van der Waals surface area contributed by atoms with E-state index in [4.69, 9.17) is 17.2 Å². The van der Waals surface area contributed by atoms with E-state index in [1.54, 1.807) is 0 Å². The van der Waals surface area contributed by atoms with E-state index in [2.05, 4.69) is 10.6 Å². The summed E-state index contributed by atoms with van der Waals surface area (Å²) < 4.78 is 0. The Balaban J connectivity index is 2.84. The third-order valence-electron chi connectivity index (χ3n) is 5.70. The van der Waals surface area contributed by atoms with Gasteiger partial charge in [-0.2, -0.15) is 0 Å². The number of likely N-dealkylation sites (tertiary alicyclic amines) is 1. The third kappa shape index (κ3) is 9.61. The Morgan fingerprint density at radius 3 is 2.09 bits per heavy atom. The summed E-state index contributed by atoms with van der Waals surface area (Å²) in [6.45, 7) is 1.17. The van der Waals surface area contributed by atoms with Crippen LogP contribution in [0.3, 0.4) is 0 Å². The highest BCUT2D eigenvalue weighted by Gasteiger charge is 2.38. The topological polar surface area (TPSA) is 231 Å². The van der Waals surface area contributed by atoms with Gasteiger partial charge in [0.15, 0.2) is 0 Å². The lowest BCUT2D eigenvalue weighted by molar-refractivity contribution is -0.144. The Bertz CT molecular complexity index is 720. The number of carboxylic acid groups (broad SMARTS) is 2. The van der Waals surface area contributed by atoms with E-state index in [1.165, 1.54) is 4.90 Å². The minimum absolute atomic E-state index is 0.110. The van der Waals surface area contributed by atoms with E-state index in [9.17, 15) is 34.2 Å². The van der Waals surface area contributed by atoms with Crippen LogP contribution in [0.5, 0.6) is 0 Å². The number of hydrogen-bond acceptors (Lipinski definition) is 8. The van der Waals surface area contributed by atoms with Crippen molar-refractivity contribution < 1.29 is 34.2 Å². The number of nitrogens with two attached hydrogens (primary N) is 3. The van der Waals surface area contributed by atoms with Gasteiger partial charge in [-0.1, -0.05) is 6.42 Å². The second kappa shape index (κ2) is 15.2. The molecular weight excluding hydrogens is 448 g/mol. The maximum absolute atomic E-state index is 12.9. The van der Waals surface area contributed by atoms with Crippen molar-refractivity contribution in [1.82, 2.24) is 15.5 Å². The highest BCUT2D eigenvalue weighted by Crippen LogP contribution is 2.19. The number of carbonyl (C=O) groups is 5. The average Bonchev–Trinajstić information content (AvgIpc) is 3.27. The average molecular weight is 487 g/mol. The molecule has 0 aliphatic carbocycles. The lowest BCUT2D eigenvalue weighted by Gasteiger charge is -2.28. The molecule has 0 saturated carbocycles. The predicted molar refractivity (Wildman–Crippen MR) is 122 cm³/mol. The van der Waals surface area contributed by atoms with Crippen molar-refractivity contribution in [3.8, 4) is 0 Å². The molecular formula is C21H38N6O7. The molecule has 1 fully saturated rings. The van der Waals surface area contributed by atoms with Gasteiger partial charge in [0.05, 0.1) is 12.5 Å². The van der Waals surface area contributed by atoms with Crippen LogP contribution in [0.15, 0.2) is 0 Å². The maximum Gasteiger partial charge on any atom is 0.326 e. The molecule has 1 aliphatic heterocycles. The molecule has 0 spiro atoms. The van der Waals surface area contributed by atoms with Crippen LogP contribution < -0.4 is 27.8 Å². The van der Waals surface area contributed by atoms with E-state index in [-0.39, 0.29) is 12.3 Å². The first-order chi connectivity index (χ1) is 16.1. The molecule has 1 heterocycles. The molecule has 1 saturated heterocycles. The van der Waals surface area contributed by atoms with Gasteiger partial charge in [-0.3, -0.25) is 19.2 Å². The summed E-state index contributed by atoms with van der Waals surface area (Å²) in [5.74, 6) is -4.62. The summed E-state index contributed by atoms with van der Waals surface area (Å²) in [6, 6.07) is -4.43. The highest BCUT2D eigenvalue weighted by atomic mass is 16.4. The Morgan fingerprint density at radius 1 is 0.912 bits per heavy atom. The maximum atomic E-state index is 12.9. The summed E-state index contributed by atoms with van der Waals surface area (Å²) in [5.41, 5.74) is 16.8. The highest BCUT2D eigenvalue weighted by molar-refractivity contribution is 5.95. The van der Waals surface area contributed by atoms with E-state index >= 15 is 0 Å². The number of rotatable bonds is 16. The van der Waals surface area contributed by atoms with Crippen molar-refractivity contribution in [3.63, 3.8) is 0 Å². The Hall–Kier alpha value is -2.77. The van der Waals surface area contributed by atoms with Crippen molar-refractivity contribution in [2.75, 3.05) is 19.6 Å². The van der Waals surface area contributed by atoms with Crippen molar-refractivity contribution in [1.29, 1.82) is 0 Å². The van der Waals surface area contributed by atoms with Gasteiger partial charge in [0.25, 0.3) is 0 Å². The van der Waals surface area contributed by atoms with Crippen LogP contribution in [0.4, 0.5) is 0 Å². The summed E-state index contributed by atoms with van der Waals surface area (Å²) in [4.78, 5) is 62.4. The summed E-state index contributed by atoms with van der Waals surface area (Å²) in [6.07, 6.45) is 3.09. The van der Waals surface area contributed by atoms with Crippen LogP contribution in [0.2, 0.25) is 0 Å². The summed E-state index contributed by atoms with van der Waals surface area (Å²) >= 11 is 0. The number of amides is 3. The molecule has 0 unspecified atom stereocenters. The molecule has 0 radical (unpaired) electrons. The van der Waals surface area contributed by atoms with Crippen LogP contribution in [-0.2, 0) is 24.0 Å². The van der Waals surface area contributed by atoms with E-state index in [1.807, 2.05) is 0 Å². The van der Waals surface area contributed by atoms with Gasteiger partial charge in [-0.25, -0.2) is 4.79 Å². The van der Waals surface area contributed by atoms with Crippen LogP contribution in [-0.4, -0.2) is 88.6 Å². The molecule has 0 aromatic rings. The second-order valence-electron chi connectivity index (χ2n) is 8.42. The second-order valence-corrected chi connectivity index (χ2v) is 8.42. The first kappa shape index (κ1) is 29.3. The van der Waals surface area contributed by atoms with Gasteiger partial charge in [-0.05, 0) is 58.0 Å². The molecule has 0 bridgehead atoms. The number of nitrogens with zero attached hydrogens (tertiary/aromatic N) is 1. The van der Waals surface area contributed by atoms with Crippen LogP contribution in [0, 0.1) is 0 Å². The van der Waals surface area contributed by atoms with Gasteiger partial charge in [0, 0.05) is 6.54 Å². The molecule has 3 amide bonds. The van der Waals surface area contributed by atoms with Gasteiger partial charge in [0.2, 0.25) is 17.7 Å². The Labute approximate surface area is 198 Å². The number of carbonyl (C=O) groups excluding carboxylic acids is 3. The molecule has 13 heteroatoms. The fraction of sp³-hybridized carbons (Fsp3) is 0.762. The molecule has 194 valence electrons. The third-order valence-corrected chi connectivity index (χ3v) is 5.70. The molecule has 13 nitrogen and oxygen atoms in total. The normalized spacial score (nSPS) is 18.1. The molecule has 1 rings (SSSR count). The van der Waals surface area contributed by atoms with Crippen LogP contribution in [0.1, 0.15) is 57.8 Å². The minimum Gasteiger partial charge on any atom is -0.481 e. The lowest BCUT2D eigenvalue weighted by Crippen LogP contribution is -2.57. The minimum atomic E-state index is -1.50. The molecule has 10 N–H and O–H groups in total. The SMILES string of the molecule is NCCCC[C@H](NC(=O)[C@H](CC(=O)O)NC(=O)[C@@H]1CCCN1C(=O)[C@@H](N)CCCCN)C(=O)O. The number of aliphatic carboxylic acids is 2. The number of nitrogens with one attached hydrogen (secondary N) is 2. The summed E-state index contributed by atoms with van der Waals surface area (Å²) in [7, 11) is 0. The zero-order valence-corrected chi connectivity index (χ0v) is 19.4. The van der Waals surface area contributed by atoms with Crippen molar-refractivity contribution in [2.45, 2.75) is 82.0 Å².